The van der Waals surface area contributed by atoms with Crippen LogP contribution in [0.2, 0.25) is 0 Å². The molecule has 3 aromatic rings. The van der Waals surface area contributed by atoms with Crippen LogP contribution >= 0.6 is 11.5 Å². The molecule has 4 nitrogen and oxygen atoms in total. The molecule has 1 atom stereocenters. The van der Waals surface area contributed by atoms with Gasteiger partial charge < -0.3 is 9.73 Å². The van der Waals surface area contributed by atoms with Gasteiger partial charge in [0.1, 0.15) is 16.3 Å². The van der Waals surface area contributed by atoms with E-state index in [4.69, 9.17) is 4.42 Å². The molecule has 0 radical (unpaired) electrons. The van der Waals surface area contributed by atoms with E-state index in [0.717, 1.165) is 22.8 Å². The number of hydrogen-bond donors (Lipinski definition) is 1. The normalized spacial score (nSPS) is 12.7. The lowest BCUT2D eigenvalue weighted by atomic mass is 10.1. The Morgan fingerprint density at radius 3 is 2.95 bits per heavy atom. The van der Waals surface area contributed by atoms with Gasteiger partial charge in [-0.1, -0.05) is 29.6 Å². The van der Waals surface area contributed by atoms with Crippen LogP contribution < -0.4 is 5.32 Å². The molecule has 0 spiro atoms. The van der Waals surface area contributed by atoms with Crippen molar-refractivity contribution in [3.8, 4) is 0 Å². The number of hydrogen-bond acceptors (Lipinski definition) is 5. The smallest absolute Gasteiger partial charge is 0.134 e. The summed E-state index contributed by atoms with van der Waals surface area (Å²) >= 11 is 1.35. The first-order chi connectivity index (χ1) is 9.29. The lowest BCUT2D eigenvalue weighted by Crippen LogP contribution is -2.06. The van der Waals surface area contributed by atoms with Gasteiger partial charge in [0, 0.05) is 22.5 Å². The third kappa shape index (κ3) is 2.21. The standard InChI is InChI=1S/C14H15N3OS/c1-3-10-11-6-4-5-7-12(11)18-14(10)9(2)16-13-8-15-17-19-13/h4-9,16H,3H2,1-2H3. The molecule has 0 aliphatic rings. The first kappa shape index (κ1) is 12.2. The van der Waals surface area contributed by atoms with E-state index in [9.17, 15) is 0 Å². The highest BCUT2D eigenvalue weighted by atomic mass is 32.1. The van der Waals surface area contributed by atoms with Gasteiger partial charge in [0.15, 0.2) is 0 Å². The summed E-state index contributed by atoms with van der Waals surface area (Å²) in [5.41, 5.74) is 2.22. The Morgan fingerprint density at radius 2 is 2.21 bits per heavy atom. The number of nitrogens with zero attached hydrogens (tertiary/aromatic N) is 2. The third-order valence-electron chi connectivity index (χ3n) is 3.20. The average molecular weight is 273 g/mol. The van der Waals surface area contributed by atoms with Crippen LogP contribution in [0.15, 0.2) is 34.9 Å². The highest BCUT2D eigenvalue weighted by Crippen LogP contribution is 2.32. The van der Waals surface area contributed by atoms with Crippen molar-refractivity contribution in [2.24, 2.45) is 0 Å². The van der Waals surface area contributed by atoms with Crippen LogP contribution in [-0.4, -0.2) is 9.59 Å². The maximum Gasteiger partial charge on any atom is 0.134 e. The molecular formula is C14H15N3OS. The van der Waals surface area contributed by atoms with Crippen molar-refractivity contribution < 1.29 is 4.42 Å². The first-order valence-electron chi connectivity index (χ1n) is 6.33. The minimum atomic E-state index is 0.101. The van der Waals surface area contributed by atoms with Crippen molar-refractivity contribution in [1.82, 2.24) is 9.59 Å². The summed E-state index contributed by atoms with van der Waals surface area (Å²) < 4.78 is 9.85. The van der Waals surface area contributed by atoms with Gasteiger partial charge in [-0.25, -0.2) is 0 Å². The zero-order valence-corrected chi connectivity index (χ0v) is 11.7. The van der Waals surface area contributed by atoms with Crippen LogP contribution in [0.3, 0.4) is 0 Å². The minimum absolute atomic E-state index is 0.101. The van der Waals surface area contributed by atoms with Crippen LogP contribution in [0.4, 0.5) is 5.00 Å². The van der Waals surface area contributed by atoms with Gasteiger partial charge in [0.05, 0.1) is 12.2 Å². The van der Waals surface area contributed by atoms with Crippen molar-refractivity contribution in [2.75, 3.05) is 5.32 Å². The summed E-state index contributed by atoms with van der Waals surface area (Å²) in [5.74, 6) is 0.997. The second kappa shape index (κ2) is 5.01. The predicted molar refractivity (Wildman–Crippen MR) is 77.5 cm³/mol. The topological polar surface area (TPSA) is 51.0 Å². The Labute approximate surface area is 115 Å². The van der Waals surface area contributed by atoms with Crippen LogP contribution in [0.1, 0.15) is 31.2 Å². The molecule has 5 heteroatoms. The van der Waals surface area contributed by atoms with E-state index in [1.165, 1.54) is 22.5 Å². The Morgan fingerprint density at radius 1 is 1.37 bits per heavy atom. The second-order valence-electron chi connectivity index (χ2n) is 4.44. The third-order valence-corrected chi connectivity index (χ3v) is 3.79. The summed E-state index contributed by atoms with van der Waals surface area (Å²) in [6, 6.07) is 8.28. The van der Waals surface area contributed by atoms with Crippen molar-refractivity contribution in [3.05, 3.63) is 41.8 Å². The van der Waals surface area contributed by atoms with Gasteiger partial charge in [-0.05, 0) is 19.4 Å². The van der Waals surface area contributed by atoms with E-state index in [1.54, 1.807) is 6.20 Å². The molecule has 3 rings (SSSR count). The lowest BCUT2D eigenvalue weighted by molar-refractivity contribution is 0.520. The number of aryl methyl sites for hydroxylation is 1. The molecule has 2 heterocycles. The van der Waals surface area contributed by atoms with E-state index in [-0.39, 0.29) is 6.04 Å². The highest BCUT2D eigenvalue weighted by molar-refractivity contribution is 7.09. The average Bonchev–Trinajstić information content (AvgIpc) is 3.04. The van der Waals surface area contributed by atoms with Crippen LogP contribution in [0.25, 0.3) is 11.0 Å². The number of anilines is 1. The fraction of sp³-hybridized carbons (Fsp3) is 0.286. The number of para-hydroxylation sites is 1. The Bertz CT molecular complexity index is 675. The van der Waals surface area contributed by atoms with E-state index in [1.807, 2.05) is 18.2 Å². The predicted octanol–water partition coefficient (Wildman–Crippen LogP) is 4.02. The van der Waals surface area contributed by atoms with E-state index >= 15 is 0 Å². The largest absolute Gasteiger partial charge is 0.459 e. The maximum absolute atomic E-state index is 6.00. The Balaban J connectivity index is 1.99. The molecule has 0 aliphatic carbocycles. The molecule has 0 saturated carbocycles. The number of rotatable bonds is 4. The molecule has 98 valence electrons. The zero-order chi connectivity index (χ0) is 13.2. The SMILES string of the molecule is CCc1c(C(C)Nc2cnns2)oc2ccccc12. The fourth-order valence-corrected chi connectivity index (χ4v) is 2.85. The lowest BCUT2D eigenvalue weighted by Gasteiger charge is -2.11. The number of benzene rings is 1. The molecule has 0 saturated heterocycles. The van der Waals surface area contributed by atoms with E-state index in [0.29, 0.717) is 0 Å². The number of furan rings is 1. The molecule has 0 fully saturated rings. The monoisotopic (exact) mass is 273 g/mol. The molecule has 1 unspecified atom stereocenters. The molecule has 19 heavy (non-hydrogen) atoms. The van der Waals surface area contributed by atoms with Crippen LogP contribution in [0.5, 0.6) is 0 Å². The number of aromatic nitrogens is 2. The summed E-state index contributed by atoms with van der Waals surface area (Å²) in [4.78, 5) is 0. The molecule has 0 aliphatic heterocycles. The van der Waals surface area contributed by atoms with Gasteiger partial charge in [-0.15, -0.1) is 5.10 Å². The van der Waals surface area contributed by atoms with Crippen molar-refractivity contribution in [1.29, 1.82) is 0 Å². The molecule has 1 N–H and O–H groups in total. The van der Waals surface area contributed by atoms with Crippen LogP contribution in [0, 0.1) is 0 Å². The highest BCUT2D eigenvalue weighted by Gasteiger charge is 2.18. The number of fused-ring (bicyclic) bond motifs is 1. The van der Waals surface area contributed by atoms with Crippen molar-refractivity contribution >= 4 is 27.5 Å². The van der Waals surface area contributed by atoms with E-state index in [2.05, 4.69) is 34.8 Å². The van der Waals surface area contributed by atoms with Gasteiger partial charge in [0.2, 0.25) is 0 Å². The zero-order valence-electron chi connectivity index (χ0n) is 10.9. The molecule has 0 bridgehead atoms. The maximum atomic E-state index is 6.00. The molecule has 2 aromatic heterocycles. The summed E-state index contributed by atoms with van der Waals surface area (Å²) in [7, 11) is 0. The van der Waals surface area contributed by atoms with Gasteiger partial charge in [0.25, 0.3) is 0 Å². The number of nitrogens with one attached hydrogen (secondary N) is 1. The van der Waals surface area contributed by atoms with Gasteiger partial charge in [-0.2, -0.15) is 0 Å². The molecule has 0 amide bonds. The van der Waals surface area contributed by atoms with E-state index < -0.39 is 0 Å². The Hall–Kier alpha value is -1.88. The molecule has 1 aromatic carbocycles. The minimum Gasteiger partial charge on any atom is -0.459 e. The Kier molecular flexibility index (Phi) is 3.21. The quantitative estimate of drug-likeness (QED) is 0.780. The van der Waals surface area contributed by atoms with Crippen molar-refractivity contribution in [3.63, 3.8) is 0 Å². The molecular weight excluding hydrogens is 258 g/mol. The summed E-state index contributed by atoms with van der Waals surface area (Å²) in [6.07, 6.45) is 2.69. The summed E-state index contributed by atoms with van der Waals surface area (Å²) in [6.45, 7) is 4.25. The first-order valence-corrected chi connectivity index (χ1v) is 7.11. The summed E-state index contributed by atoms with van der Waals surface area (Å²) in [5, 5.41) is 9.36. The second-order valence-corrected chi connectivity index (χ2v) is 5.23. The van der Waals surface area contributed by atoms with Gasteiger partial charge in [-0.3, -0.25) is 0 Å². The fourth-order valence-electron chi connectivity index (χ4n) is 2.34. The van der Waals surface area contributed by atoms with Gasteiger partial charge >= 0.3 is 0 Å². The van der Waals surface area contributed by atoms with Crippen LogP contribution in [-0.2, 0) is 6.42 Å². The van der Waals surface area contributed by atoms with Crippen molar-refractivity contribution in [2.45, 2.75) is 26.3 Å².